The van der Waals surface area contributed by atoms with E-state index in [2.05, 4.69) is 34.2 Å². The van der Waals surface area contributed by atoms with E-state index in [0.717, 1.165) is 5.92 Å². The van der Waals surface area contributed by atoms with Gasteiger partial charge in [-0.2, -0.15) is 11.8 Å². The SMILES string of the molecule is c1cnc2c(c1)CCCC2NCC1CCSC1. The molecule has 92 valence electrons. The van der Waals surface area contributed by atoms with Crippen molar-refractivity contribution in [2.75, 3.05) is 18.1 Å². The topological polar surface area (TPSA) is 24.9 Å². The highest BCUT2D eigenvalue weighted by Crippen LogP contribution is 2.29. The van der Waals surface area contributed by atoms with Crippen molar-refractivity contribution >= 4 is 11.8 Å². The fourth-order valence-corrected chi connectivity index (χ4v) is 4.15. The molecule has 1 aliphatic carbocycles. The lowest BCUT2D eigenvalue weighted by Gasteiger charge is -2.26. The molecule has 3 heteroatoms. The van der Waals surface area contributed by atoms with Crippen LogP contribution >= 0.6 is 11.8 Å². The van der Waals surface area contributed by atoms with E-state index in [1.54, 1.807) is 0 Å². The van der Waals surface area contributed by atoms with Crippen LogP contribution in [0.5, 0.6) is 0 Å². The van der Waals surface area contributed by atoms with Crippen molar-refractivity contribution in [2.24, 2.45) is 5.92 Å². The summed E-state index contributed by atoms with van der Waals surface area (Å²) in [4.78, 5) is 4.58. The monoisotopic (exact) mass is 248 g/mol. The molecule has 1 aromatic rings. The second-order valence-electron chi connectivity index (χ2n) is 5.13. The van der Waals surface area contributed by atoms with E-state index in [1.165, 1.54) is 55.0 Å². The molecule has 1 saturated heterocycles. The third-order valence-corrected chi connectivity index (χ3v) is 5.10. The van der Waals surface area contributed by atoms with Crippen LogP contribution in [0.2, 0.25) is 0 Å². The fourth-order valence-electron chi connectivity index (χ4n) is 2.86. The highest BCUT2D eigenvalue weighted by Gasteiger charge is 2.22. The number of thioether (sulfide) groups is 1. The largest absolute Gasteiger partial charge is 0.308 e. The molecule has 2 nitrogen and oxygen atoms in total. The number of aromatic nitrogens is 1. The van der Waals surface area contributed by atoms with Crippen LogP contribution in [0.15, 0.2) is 18.3 Å². The molecule has 2 unspecified atom stereocenters. The van der Waals surface area contributed by atoms with Crippen molar-refractivity contribution in [3.63, 3.8) is 0 Å². The second-order valence-corrected chi connectivity index (χ2v) is 6.28. The molecule has 2 heterocycles. The number of nitrogens with zero attached hydrogens (tertiary/aromatic N) is 1. The third-order valence-electron chi connectivity index (χ3n) is 3.87. The Kier molecular flexibility index (Phi) is 3.67. The van der Waals surface area contributed by atoms with E-state index in [9.17, 15) is 0 Å². The first-order chi connectivity index (χ1) is 8.43. The quantitative estimate of drug-likeness (QED) is 0.890. The van der Waals surface area contributed by atoms with Gasteiger partial charge in [0.15, 0.2) is 0 Å². The van der Waals surface area contributed by atoms with E-state index in [-0.39, 0.29) is 0 Å². The Balaban J connectivity index is 1.64. The van der Waals surface area contributed by atoms with Gasteiger partial charge in [-0.15, -0.1) is 0 Å². The number of hydrogen-bond acceptors (Lipinski definition) is 3. The zero-order valence-electron chi connectivity index (χ0n) is 10.2. The van der Waals surface area contributed by atoms with Crippen LogP contribution in [0.4, 0.5) is 0 Å². The summed E-state index contributed by atoms with van der Waals surface area (Å²) in [6.45, 7) is 1.17. The summed E-state index contributed by atoms with van der Waals surface area (Å²) in [5, 5.41) is 3.74. The summed E-state index contributed by atoms with van der Waals surface area (Å²) in [6, 6.07) is 4.81. The van der Waals surface area contributed by atoms with Gasteiger partial charge in [-0.05, 0) is 61.3 Å². The Bertz CT molecular complexity index is 374. The molecule has 17 heavy (non-hydrogen) atoms. The summed E-state index contributed by atoms with van der Waals surface area (Å²) in [6.07, 6.45) is 7.09. The van der Waals surface area contributed by atoms with Gasteiger partial charge < -0.3 is 5.32 Å². The van der Waals surface area contributed by atoms with Gasteiger partial charge in [0.1, 0.15) is 0 Å². The number of fused-ring (bicyclic) bond motifs is 1. The number of hydrogen-bond donors (Lipinski definition) is 1. The molecule has 1 aliphatic heterocycles. The molecule has 0 spiro atoms. The molecule has 0 radical (unpaired) electrons. The molecule has 0 amide bonds. The molecule has 3 rings (SSSR count). The minimum absolute atomic E-state index is 0.505. The van der Waals surface area contributed by atoms with Gasteiger partial charge >= 0.3 is 0 Å². The first-order valence-corrected chi connectivity index (χ1v) is 7.84. The molecule has 1 aromatic heterocycles. The molecular weight excluding hydrogens is 228 g/mol. The average Bonchev–Trinajstić information content (AvgIpc) is 2.89. The summed E-state index contributed by atoms with van der Waals surface area (Å²) in [5.41, 5.74) is 2.77. The van der Waals surface area contributed by atoms with Crippen LogP contribution in [0.1, 0.15) is 36.6 Å². The summed E-state index contributed by atoms with van der Waals surface area (Å²) >= 11 is 2.10. The number of aryl methyl sites for hydroxylation is 1. The Morgan fingerprint density at radius 1 is 1.41 bits per heavy atom. The van der Waals surface area contributed by atoms with Crippen molar-refractivity contribution in [2.45, 2.75) is 31.7 Å². The van der Waals surface area contributed by atoms with Gasteiger partial charge in [0.2, 0.25) is 0 Å². The Hall–Kier alpha value is -0.540. The minimum Gasteiger partial charge on any atom is -0.308 e. The molecule has 1 N–H and O–H groups in total. The summed E-state index contributed by atoms with van der Waals surface area (Å²) < 4.78 is 0. The Labute approximate surface area is 108 Å². The zero-order valence-corrected chi connectivity index (χ0v) is 11.0. The predicted molar refractivity (Wildman–Crippen MR) is 73.4 cm³/mol. The second kappa shape index (κ2) is 5.40. The lowest BCUT2D eigenvalue weighted by molar-refractivity contribution is 0.410. The summed E-state index contributed by atoms with van der Waals surface area (Å²) in [5.74, 6) is 3.58. The standard InChI is InChI=1S/C14H20N2S/c1-3-12-4-2-7-15-14(12)13(5-1)16-9-11-6-8-17-10-11/h2,4,7,11,13,16H,1,3,5-6,8-10H2. The van der Waals surface area contributed by atoms with Gasteiger partial charge in [0, 0.05) is 12.2 Å². The van der Waals surface area contributed by atoms with Gasteiger partial charge in [-0.1, -0.05) is 6.07 Å². The van der Waals surface area contributed by atoms with Crippen LogP contribution in [-0.2, 0) is 6.42 Å². The maximum absolute atomic E-state index is 4.58. The van der Waals surface area contributed by atoms with Gasteiger partial charge in [-0.3, -0.25) is 4.98 Å². The lowest BCUT2D eigenvalue weighted by Crippen LogP contribution is -2.30. The van der Waals surface area contributed by atoms with Crippen molar-refractivity contribution in [3.05, 3.63) is 29.6 Å². The average molecular weight is 248 g/mol. The maximum atomic E-state index is 4.58. The van der Waals surface area contributed by atoms with Crippen molar-refractivity contribution in [1.82, 2.24) is 10.3 Å². The van der Waals surface area contributed by atoms with Crippen molar-refractivity contribution in [3.8, 4) is 0 Å². The molecule has 2 atom stereocenters. The lowest BCUT2D eigenvalue weighted by atomic mass is 9.91. The maximum Gasteiger partial charge on any atom is 0.0605 e. The highest BCUT2D eigenvalue weighted by molar-refractivity contribution is 7.99. The van der Waals surface area contributed by atoms with E-state index in [0.29, 0.717) is 6.04 Å². The predicted octanol–water partition coefficient (Wildman–Crippen LogP) is 2.80. The van der Waals surface area contributed by atoms with Crippen LogP contribution in [-0.4, -0.2) is 23.0 Å². The molecular formula is C14H20N2S. The summed E-state index contributed by atoms with van der Waals surface area (Å²) in [7, 11) is 0. The van der Waals surface area contributed by atoms with E-state index >= 15 is 0 Å². The molecule has 0 aromatic carbocycles. The molecule has 2 aliphatic rings. The van der Waals surface area contributed by atoms with Gasteiger partial charge in [0.25, 0.3) is 0 Å². The van der Waals surface area contributed by atoms with Crippen LogP contribution in [0.3, 0.4) is 0 Å². The number of pyridine rings is 1. The number of nitrogens with one attached hydrogen (secondary N) is 1. The third kappa shape index (κ3) is 2.66. The Morgan fingerprint density at radius 3 is 3.29 bits per heavy atom. The van der Waals surface area contributed by atoms with Gasteiger partial charge in [0.05, 0.1) is 5.69 Å². The first kappa shape index (κ1) is 11.5. The van der Waals surface area contributed by atoms with E-state index in [1.807, 2.05) is 6.20 Å². The first-order valence-electron chi connectivity index (χ1n) is 6.68. The Morgan fingerprint density at radius 2 is 2.41 bits per heavy atom. The normalized spacial score (nSPS) is 28.0. The van der Waals surface area contributed by atoms with Crippen LogP contribution in [0, 0.1) is 5.92 Å². The van der Waals surface area contributed by atoms with E-state index < -0.39 is 0 Å². The molecule has 1 fully saturated rings. The van der Waals surface area contributed by atoms with Crippen molar-refractivity contribution in [1.29, 1.82) is 0 Å². The van der Waals surface area contributed by atoms with Gasteiger partial charge in [-0.25, -0.2) is 0 Å². The van der Waals surface area contributed by atoms with Crippen LogP contribution in [0.25, 0.3) is 0 Å². The molecule has 0 saturated carbocycles. The smallest absolute Gasteiger partial charge is 0.0605 e. The fraction of sp³-hybridized carbons (Fsp3) is 0.643. The zero-order chi connectivity index (χ0) is 11.5. The minimum atomic E-state index is 0.505. The highest BCUT2D eigenvalue weighted by atomic mass is 32.2. The molecule has 0 bridgehead atoms. The number of rotatable bonds is 3. The van der Waals surface area contributed by atoms with Crippen LogP contribution < -0.4 is 5.32 Å². The van der Waals surface area contributed by atoms with E-state index in [4.69, 9.17) is 0 Å². The van der Waals surface area contributed by atoms with Crippen molar-refractivity contribution < 1.29 is 0 Å².